The van der Waals surface area contributed by atoms with E-state index in [1.807, 2.05) is 112 Å². The van der Waals surface area contributed by atoms with E-state index in [0.29, 0.717) is 23.8 Å². The van der Waals surface area contributed by atoms with Gasteiger partial charge in [0.1, 0.15) is 17.2 Å². The van der Waals surface area contributed by atoms with Crippen LogP contribution < -0.4 is 20.1 Å². The van der Waals surface area contributed by atoms with Crippen molar-refractivity contribution in [3.8, 4) is 17.2 Å². The average molecular weight is 651 g/mol. The lowest BCUT2D eigenvalue weighted by Gasteiger charge is -2.24. The van der Waals surface area contributed by atoms with Gasteiger partial charge >= 0.3 is 0 Å². The summed E-state index contributed by atoms with van der Waals surface area (Å²) in [6, 6.07) is 35.0. The predicted molar refractivity (Wildman–Crippen MR) is 197 cm³/mol. The third-order valence-electron chi connectivity index (χ3n) is 7.97. The molecular formula is C42H54N2O4. The van der Waals surface area contributed by atoms with E-state index in [1.54, 1.807) is 6.07 Å². The summed E-state index contributed by atoms with van der Waals surface area (Å²) in [5.41, 5.74) is 2.97. The van der Waals surface area contributed by atoms with Crippen LogP contribution in [0.2, 0.25) is 0 Å². The molecular weight excluding hydrogens is 596 g/mol. The number of aryl methyl sites for hydroxylation is 2. The zero-order chi connectivity index (χ0) is 34.6. The SMILES string of the molecule is CC.Cc1ccc(OCCC(=O)NC(CCc2ccccc2)CCC(CCC(C)C)NC(=O)c2cccc(Oc3ccccc3)c2)cc1. The minimum absolute atomic E-state index is 0.0189. The normalized spacial score (nSPS) is 11.9. The average Bonchev–Trinajstić information content (AvgIpc) is 3.10. The first-order valence-corrected chi connectivity index (χ1v) is 17.5. The molecule has 0 fully saturated rings. The summed E-state index contributed by atoms with van der Waals surface area (Å²) in [6.45, 7) is 10.8. The van der Waals surface area contributed by atoms with Crippen molar-refractivity contribution in [1.82, 2.24) is 10.6 Å². The van der Waals surface area contributed by atoms with Gasteiger partial charge in [-0.05, 0) is 99.4 Å². The number of para-hydroxylation sites is 1. The van der Waals surface area contributed by atoms with Gasteiger partial charge in [0.15, 0.2) is 0 Å². The largest absolute Gasteiger partial charge is 0.493 e. The second kappa shape index (κ2) is 21.3. The molecule has 0 aromatic heterocycles. The summed E-state index contributed by atoms with van der Waals surface area (Å²) in [4.78, 5) is 26.5. The predicted octanol–water partition coefficient (Wildman–Crippen LogP) is 9.72. The molecule has 6 heteroatoms. The van der Waals surface area contributed by atoms with Gasteiger partial charge in [-0.3, -0.25) is 9.59 Å². The van der Waals surface area contributed by atoms with Gasteiger partial charge < -0.3 is 20.1 Å². The van der Waals surface area contributed by atoms with Gasteiger partial charge in [0.2, 0.25) is 5.91 Å². The van der Waals surface area contributed by atoms with Crippen LogP contribution in [0.1, 0.15) is 87.7 Å². The highest BCUT2D eigenvalue weighted by molar-refractivity contribution is 5.94. The standard InChI is InChI=1S/C40H48N2O4.C2H6/c1-30(2)17-21-35(42-40(44)33-13-10-16-38(29-33)46-37-14-8-5-9-15-37)24-23-34(22-20-32-11-6-4-7-12-32)41-39(43)27-28-45-36-25-18-31(3)19-26-36;1-2/h4-16,18-19,25-26,29-30,34-35H,17,20-24,27-28H2,1-3H3,(H,41,43)(H,42,44);1-2H3. The van der Waals surface area contributed by atoms with E-state index in [0.717, 1.165) is 50.0 Å². The maximum Gasteiger partial charge on any atom is 0.251 e. The summed E-state index contributed by atoms with van der Waals surface area (Å²) in [6.07, 6.45) is 5.36. The summed E-state index contributed by atoms with van der Waals surface area (Å²) >= 11 is 0. The smallest absolute Gasteiger partial charge is 0.251 e. The first-order chi connectivity index (χ1) is 23.3. The number of amides is 2. The van der Waals surface area contributed by atoms with Crippen LogP contribution in [-0.2, 0) is 11.2 Å². The van der Waals surface area contributed by atoms with Crippen molar-refractivity contribution in [2.24, 2.45) is 5.92 Å². The number of rotatable bonds is 18. The van der Waals surface area contributed by atoms with Crippen LogP contribution in [0.15, 0.2) is 109 Å². The Morgan fingerprint density at radius 1 is 0.646 bits per heavy atom. The summed E-state index contributed by atoms with van der Waals surface area (Å²) in [5, 5.41) is 6.56. The topological polar surface area (TPSA) is 76.7 Å². The van der Waals surface area contributed by atoms with E-state index in [4.69, 9.17) is 9.47 Å². The Morgan fingerprint density at radius 3 is 1.92 bits per heavy atom. The second-order valence-corrected chi connectivity index (χ2v) is 12.4. The molecule has 0 bridgehead atoms. The van der Waals surface area contributed by atoms with Crippen LogP contribution in [0.3, 0.4) is 0 Å². The summed E-state index contributed by atoms with van der Waals surface area (Å²) in [5.74, 6) is 2.48. The molecule has 0 heterocycles. The molecule has 4 rings (SSSR count). The first-order valence-electron chi connectivity index (χ1n) is 17.5. The lowest BCUT2D eigenvalue weighted by molar-refractivity contribution is -0.122. The molecule has 48 heavy (non-hydrogen) atoms. The Kier molecular flexibility index (Phi) is 16.8. The van der Waals surface area contributed by atoms with E-state index < -0.39 is 0 Å². The van der Waals surface area contributed by atoms with Crippen LogP contribution in [-0.4, -0.2) is 30.5 Å². The Morgan fingerprint density at radius 2 is 1.25 bits per heavy atom. The lowest BCUT2D eigenvalue weighted by atomic mass is 9.95. The second-order valence-electron chi connectivity index (χ2n) is 12.4. The van der Waals surface area contributed by atoms with Crippen LogP contribution in [0.25, 0.3) is 0 Å². The van der Waals surface area contributed by atoms with Crippen LogP contribution in [0, 0.1) is 12.8 Å². The zero-order valence-electron chi connectivity index (χ0n) is 29.4. The Balaban J connectivity index is 0.00000307. The van der Waals surface area contributed by atoms with Gasteiger partial charge in [-0.15, -0.1) is 0 Å². The van der Waals surface area contributed by atoms with Gasteiger partial charge in [0, 0.05) is 17.6 Å². The maximum absolute atomic E-state index is 13.4. The number of hydrogen-bond donors (Lipinski definition) is 2. The van der Waals surface area contributed by atoms with Gasteiger partial charge in [0.25, 0.3) is 5.91 Å². The minimum Gasteiger partial charge on any atom is -0.493 e. The molecule has 2 atom stereocenters. The van der Waals surface area contributed by atoms with Crippen molar-refractivity contribution < 1.29 is 19.1 Å². The number of ether oxygens (including phenoxy) is 2. The van der Waals surface area contributed by atoms with Gasteiger partial charge in [-0.2, -0.15) is 0 Å². The number of hydrogen-bond acceptors (Lipinski definition) is 4. The fourth-order valence-electron chi connectivity index (χ4n) is 5.29. The third kappa shape index (κ3) is 14.5. The number of carbonyl (C=O) groups excluding carboxylic acids is 2. The molecule has 0 saturated heterocycles. The third-order valence-corrected chi connectivity index (χ3v) is 7.97. The van der Waals surface area contributed by atoms with Gasteiger partial charge in [-0.1, -0.05) is 100.0 Å². The molecule has 0 radical (unpaired) electrons. The van der Waals surface area contributed by atoms with Gasteiger partial charge in [-0.25, -0.2) is 0 Å². The van der Waals surface area contributed by atoms with E-state index in [-0.39, 0.29) is 30.3 Å². The number of carbonyl (C=O) groups is 2. The lowest BCUT2D eigenvalue weighted by Crippen LogP contribution is -2.39. The molecule has 2 amide bonds. The first kappa shape index (κ1) is 37.9. The molecule has 0 aliphatic carbocycles. The molecule has 0 aliphatic heterocycles. The minimum atomic E-state index is -0.120. The van der Waals surface area contributed by atoms with E-state index in [1.165, 1.54) is 11.1 Å². The van der Waals surface area contributed by atoms with E-state index in [2.05, 4.69) is 36.6 Å². The van der Waals surface area contributed by atoms with Crippen molar-refractivity contribution in [3.05, 3.63) is 126 Å². The highest BCUT2D eigenvalue weighted by Crippen LogP contribution is 2.23. The monoisotopic (exact) mass is 650 g/mol. The number of benzene rings is 4. The van der Waals surface area contributed by atoms with Crippen LogP contribution >= 0.6 is 0 Å². The molecule has 0 aliphatic rings. The molecule has 0 spiro atoms. The Hall–Kier alpha value is -4.58. The Labute approximate surface area is 288 Å². The number of nitrogens with one attached hydrogen (secondary N) is 2. The molecule has 4 aromatic rings. The van der Waals surface area contributed by atoms with Crippen LogP contribution in [0.5, 0.6) is 17.2 Å². The van der Waals surface area contributed by atoms with Crippen molar-refractivity contribution in [2.75, 3.05) is 6.61 Å². The fourth-order valence-corrected chi connectivity index (χ4v) is 5.29. The van der Waals surface area contributed by atoms with E-state index >= 15 is 0 Å². The zero-order valence-corrected chi connectivity index (χ0v) is 29.4. The molecule has 6 nitrogen and oxygen atoms in total. The highest BCUT2D eigenvalue weighted by Gasteiger charge is 2.19. The molecule has 0 saturated carbocycles. The van der Waals surface area contributed by atoms with Crippen LogP contribution in [0.4, 0.5) is 0 Å². The van der Waals surface area contributed by atoms with Crippen molar-refractivity contribution >= 4 is 11.8 Å². The molecule has 2 unspecified atom stereocenters. The molecule has 4 aromatic carbocycles. The van der Waals surface area contributed by atoms with Crippen molar-refractivity contribution in [2.45, 2.75) is 91.6 Å². The fraction of sp³-hybridized carbons (Fsp3) is 0.381. The summed E-state index contributed by atoms with van der Waals surface area (Å²) < 4.78 is 11.8. The van der Waals surface area contributed by atoms with Crippen molar-refractivity contribution in [3.63, 3.8) is 0 Å². The Bertz CT molecular complexity index is 1470. The van der Waals surface area contributed by atoms with Crippen molar-refractivity contribution in [1.29, 1.82) is 0 Å². The summed E-state index contributed by atoms with van der Waals surface area (Å²) in [7, 11) is 0. The molecule has 256 valence electrons. The van der Waals surface area contributed by atoms with E-state index in [9.17, 15) is 9.59 Å². The van der Waals surface area contributed by atoms with Gasteiger partial charge in [0.05, 0.1) is 13.0 Å². The molecule has 2 N–H and O–H groups in total. The highest BCUT2D eigenvalue weighted by atomic mass is 16.5. The quantitative estimate of drug-likeness (QED) is 0.112. The maximum atomic E-state index is 13.4.